The smallest absolute Gasteiger partial charge is 0.251 e. The van der Waals surface area contributed by atoms with Crippen LogP contribution in [0, 0.1) is 5.92 Å². The Morgan fingerprint density at radius 1 is 1.39 bits per heavy atom. The summed E-state index contributed by atoms with van der Waals surface area (Å²) in [6.07, 6.45) is 9.35. The number of nitrogens with one attached hydrogen (secondary N) is 1. The fourth-order valence-corrected chi connectivity index (χ4v) is 2.56. The Hall–Kier alpha value is -1.58. The summed E-state index contributed by atoms with van der Waals surface area (Å²) in [6, 6.07) is 3.29. The molecular formula is C14H21N3O. The summed E-state index contributed by atoms with van der Waals surface area (Å²) in [5, 5.41) is 2.95. The molecule has 4 nitrogen and oxygen atoms in total. The van der Waals surface area contributed by atoms with Crippen molar-refractivity contribution in [1.29, 1.82) is 0 Å². The number of nitrogens with two attached hydrogens (primary N) is 1. The van der Waals surface area contributed by atoms with Crippen LogP contribution in [0.15, 0.2) is 18.3 Å². The Balaban J connectivity index is 1.74. The van der Waals surface area contributed by atoms with Crippen LogP contribution < -0.4 is 11.1 Å². The summed E-state index contributed by atoms with van der Waals surface area (Å²) in [5.41, 5.74) is 6.14. The van der Waals surface area contributed by atoms with Crippen LogP contribution in [0.1, 0.15) is 48.9 Å². The third-order valence-corrected chi connectivity index (χ3v) is 3.61. The Morgan fingerprint density at radius 2 is 2.17 bits per heavy atom. The Morgan fingerprint density at radius 3 is 2.89 bits per heavy atom. The van der Waals surface area contributed by atoms with Gasteiger partial charge in [-0.3, -0.25) is 4.79 Å². The molecule has 1 aliphatic carbocycles. The molecule has 1 heterocycles. The number of aromatic nitrogens is 1. The highest BCUT2D eigenvalue weighted by atomic mass is 16.1. The second-order valence-electron chi connectivity index (χ2n) is 5.02. The van der Waals surface area contributed by atoms with Crippen molar-refractivity contribution >= 4 is 11.7 Å². The largest absolute Gasteiger partial charge is 0.384 e. The average Bonchev–Trinajstić information content (AvgIpc) is 2.40. The topological polar surface area (TPSA) is 68.0 Å². The average molecular weight is 247 g/mol. The molecular weight excluding hydrogens is 226 g/mol. The van der Waals surface area contributed by atoms with E-state index in [0.717, 1.165) is 18.9 Å². The van der Waals surface area contributed by atoms with Crippen molar-refractivity contribution in [2.75, 3.05) is 12.3 Å². The number of amides is 1. The van der Waals surface area contributed by atoms with E-state index in [9.17, 15) is 4.79 Å². The maximum absolute atomic E-state index is 11.8. The molecule has 0 radical (unpaired) electrons. The second kappa shape index (κ2) is 6.38. The number of carbonyl (C=O) groups is 1. The van der Waals surface area contributed by atoms with Crippen LogP contribution in [-0.2, 0) is 0 Å². The third-order valence-electron chi connectivity index (χ3n) is 3.61. The summed E-state index contributed by atoms with van der Waals surface area (Å²) in [5.74, 6) is 1.12. The van der Waals surface area contributed by atoms with Crippen molar-refractivity contribution in [3.05, 3.63) is 23.9 Å². The zero-order valence-corrected chi connectivity index (χ0v) is 10.7. The third kappa shape index (κ3) is 3.72. The molecule has 1 amide bonds. The highest BCUT2D eigenvalue weighted by molar-refractivity contribution is 5.94. The molecule has 3 N–H and O–H groups in total. The van der Waals surface area contributed by atoms with Gasteiger partial charge in [0.05, 0.1) is 0 Å². The fourth-order valence-electron chi connectivity index (χ4n) is 2.56. The lowest BCUT2D eigenvalue weighted by atomic mass is 9.87. The van der Waals surface area contributed by atoms with E-state index in [4.69, 9.17) is 5.73 Å². The normalized spacial score (nSPS) is 16.4. The molecule has 0 aromatic carbocycles. The molecule has 0 aliphatic heterocycles. The van der Waals surface area contributed by atoms with Crippen LogP contribution >= 0.6 is 0 Å². The first-order chi connectivity index (χ1) is 8.75. The minimum atomic E-state index is -0.0556. The lowest BCUT2D eigenvalue weighted by Crippen LogP contribution is -2.26. The van der Waals surface area contributed by atoms with Gasteiger partial charge in [-0.2, -0.15) is 0 Å². The molecule has 0 spiro atoms. The number of hydrogen-bond donors (Lipinski definition) is 2. The summed E-state index contributed by atoms with van der Waals surface area (Å²) in [6.45, 7) is 0.756. The van der Waals surface area contributed by atoms with E-state index in [1.807, 2.05) is 0 Å². The van der Waals surface area contributed by atoms with Crippen molar-refractivity contribution in [3.63, 3.8) is 0 Å². The Kier molecular flexibility index (Phi) is 4.56. The van der Waals surface area contributed by atoms with E-state index in [1.54, 1.807) is 18.3 Å². The van der Waals surface area contributed by atoms with Gasteiger partial charge in [-0.1, -0.05) is 32.1 Å². The SMILES string of the molecule is Nc1cc(C(=O)NCCC2CCCCC2)ccn1. The number of rotatable bonds is 4. The van der Waals surface area contributed by atoms with Gasteiger partial charge in [0.2, 0.25) is 0 Å². The molecule has 1 aliphatic rings. The first kappa shape index (κ1) is 12.9. The van der Waals surface area contributed by atoms with Gasteiger partial charge in [0.1, 0.15) is 5.82 Å². The molecule has 4 heteroatoms. The van der Waals surface area contributed by atoms with Crippen LogP contribution in [0.3, 0.4) is 0 Å². The lowest BCUT2D eigenvalue weighted by molar-refractivity contribution is 0.0950. The summed E-state index contributed by atoms with van der Waals surface area (Å²) in [7, 11) is 0. The van der Waals surface area contributed by atoms with E-state index in [1.165, 1.54) is 32.1 Å². The van der Waals surface area contributed by atoms with Crippen LogP contribution in [0.4, 0.5) is 5.82 Å². The van der Waals surface area contributed by atoms with Crippen LogP contribution in [0.2, 0.25) is 0 Å². The first-order valence-electron chi connectivity index (χ1n) is 6.75. The molecule has 0 bridgehead atoms. The van der Waals surface area contributed by atoms with Crippen LogP contribution in [-0.4, -0.2) is 17.4 Å². The Bertz CT molecular complexity index is 400. The minimum Gasteiger partial charge on any atom is -0.384 e. The monoisotopic (exact) mass is 247 g/mol. The van der Waals surface area contributed by atoms with Gasteiger partial charge >= 0.3 is 0 Å². The fraction of sp³-hybridized carbons (Fsp3) is 0.571. The molecule has 0 saturated heterocycles. The number of anilines is 1. The molecule has 98 valence electrons. The van der Waals surface area contributed by atoms with E-state index >= 15 is 0 Å². The molecule has 0 atom stereocenters. The summed E-state index contributed by atoms with van der Waals surface area (Å²) in [4.78, 5) is 15.7. The minimum absolute atomic E-state index is 0.0556. The van der Waals surface area contributed by atoms with E-state index < -0.39 is 0 Å². The molecule has 18 heavy (non-hydrogen) atoms. The first-order valence-corrected chi connectivity index (χ1v) is 6.75. The maximum Gasteiger partial charge on any atom is 0.251 e. The van der Waals surface area contributed by atoms with Crippen molar-refractivity contribution in [3.8, 4) is 0 Å². The lowest BCUT2D eigenvalue weighted by Gasteiger charge is -2.21. The molecule has 0 unspecified atom stereocenters. The number of pyridine rings is 1. The zero-order chi connectivity index (χ0) is 12.8. The molecule has 1 aromatic heterocycles. The Labute approximate surface area is 108 Å². The number of nitrogen functional groups attached to an aromatic ring is 1. The van der Waals surface area contributed by atoms with Crippen molar-refractivity contribution in [1.82, 2.24) is 10.3 Å². The van der Waals surface area contributed by atoms with Crippen LogP contribution in [0.5, 0.6) is 0 Å². The van der Waals surface area contributed by atoms with Gasteiger partial charge in [0, 0.05) is 18.3 Å². The van der Waals surface area contributed by atoms with Gasteiger partial charge in [0.25, 0.3) is 5.91 Å². The van der Waals surface area contributed by atoms with E-state index in [0.29, 0.717) is 11.4 Å². The van der Waals surface area contributed by atoms with E-state index in [2.05, 4.69) is 10.3 Å². The predicted molar refractivity (Wildman–Crippen MR) is 72.2 cm³/mol. The molecule has 1 fully saturated rings. The number of hydrogen-bond acceptors (Lipinski definition) is 3. The predicted octanol–water partition coefficient (Wildman–Crippen LogP) is 2.36. The van der Waals surface area contributed by atoms with Gasteiger partial charge in [-0.25, -0.2) is 4.98 Å². The summed E-state index contributed by atoms with van der Waals surface area (Å²) >= 11 is 0. The number of nitrogens with zero attached hydrogens (tertiary/aromatic N) is 1. The quantitative estimate of drug-likeness (QED) is 0.858. The standard InChI is InChI=1S/C14H21N3O/c15-13-10-12(7-9-16-13)14(18)17-8-6-11-4-2-1-3-5-11/h7,9-11H,1-6,8H2,(H2,15,16)(H,17,18). The zero-order valence-electron chi connectivity index (χ0n) is 10.7. The maximum atomic E-state index is 11.8. The van der Waals surface area contributed by atoms with Gasteiger partial charge < -0.3 is 11.1 Å². The highest BCUT2D eigenvalue weighted by Gasteiger charge is 2.13. The van der Waals surface area contributed by atoms with Crippen molar-refractivity contribution < 1.29 is 4.79 Å². The van der Waals surface area contributed by atoms with Gasteiger partial charge in [-0.15, -0.1) is 0 Å². The van der Waals surface area contributed by atoms with E-state index in [-0.39, 0.29) is 5.91 Å². The van der Waals surface area contributed by atoms with Gasteiger partial charge in [-0.05, 0) is 24.5 Å². The summed E-state index contributed by atoms with van der Waals surface area (Å²) < 4.78 is 0. The highest BCUT2D eigenvalue weighted by Crippen LogP contribution is 2.25. The van der Waals surface area contributed by atoms with Gasteiger partial charge in [0.15, 0.2) is 0 Å². The van der Waals surface area contributed by atoms with Crippen LogP contribution in [0.25, 0.3) is 0 Å². The van der Waals surface area contributed by atoms with Crippen molar-refractivity contribution in [2.24, 2.45) is 5.92 Å². The number of carbonyl (C=O) groups excluding carboxylic acids is 1. The molecule has 2 rings (SSSR count). The molecule has 1 aromatic rings. The van der Waals surface area contributed by atoms with Crippen molar-refractivity contribution in [2.45, 2.75) is 38.5 Å². The molecule has 1 saturated carbocycles. The second-order valence-corrected chi connectivity index (χ2v) is 5.02.